The van der Waals surface area contributed by atoms with Gasteiger partial charge in [0.25, 0.3) is 0 Å². The van der Waals surface area contributed by atoms with E-state index in [-0.39, 0.29) is 97.6 Å². The Bertz CT molecular complexity index is 69.8. The first-order valence-corrected chi connectivity index (χ1v) is 2.35. The van der Waals surface area contributed by atoms with Crippen LogP contribution in [0.5, 0.6) is 0 Å². The van der Waals surface area contributed by atoms with Crippen molar-refractivity contribution >= 4 is 83.3 Å². The Morgan fingerprint density at radius 1 is 0.900 bits per heavy atom. The normalized spacial score (nSPS) is 5.90. The van der Waals surface area contributed by atoms with Crippen molar-refractivity contribution in [2.24, 2.45) is 0 Å². The van der Waals surface area contributed by atoms with E-state index in [1.54, 1.807) is 0 Å². The third-order valence-corrected chi connectivity index (χ3v) is 0. The Morgan fingerprint density at radius 2 is 0.900 bits per heavy atom. The molecule has 0 aromatic heterocycles. The molecule has 0 saturated heterocycles. The van der Waals surface area contributed by atoms with Gasteiger partial charge in [0.1, 0.15) is 0 Å². The van der Waals surface area contributed by atoms with E-state index in [1.807, 2.05) is 0 Å². The molecule has 64 valence electrons. The SMILES string of the molecule is O.O.O.O=P(O)(O)O.[Ca+2].[Ca+2].[H-].[H-].[H-].[H-]. The van der Waals surface area contributed by atoms with Crippen molar-refractivity contribution in [3.63, 3.8) is 0 Å². The zero-order valence-corrected chi connectivity index (χ0v) is 10.4. The van der Waals surface area contributed by atoms with Gasteiger partial charge in [-0.2, -0.15) is 0 Å². The molecule has 0 fully saturated rings. The number of hydrogen-bond donors (Lipinski definition) is 3. The molecule has 9 N–H and O–H groups in total. The Kier molecular flexibility index (Phi) is 68.7. The fourth-order valence-electron chi connectivity index (χ4n) is 0. The predicted molar refractivity (Wildman–Crippen MR) is 41.1 cm³/mol. The van der Waals surface area contributed by atoms with Gasteiger partial charge >= 0.3 is 83.3 Å². The Labute approximate surface area is 123 Å². The van der Waals surface area contributed by atoms with Gasteiger partial charge in [0.15, 0.2) is 0 Å². The molecule has 10 heavy (non-hydrogen) atoms. The minimum Gasteiger partial charge on any atom is -1.00 e. The summed E-state index contributed by atoms with van der Waals surface area (Å²) in [5.41, 5.74) is 0. The minimum atomic E-state index is -4.64. The maximum atomic E-state index is 8.88. The molecule has 0 radical (unpaired) electrons. The van der Waals surface area contributed by atoms with Crippen molar-refractivity contribution in [2.75, 3.05) is 0 Å². The van der Waals surface area contributed by atoms with E-state index >= 15 is 0 Å². The number of rotatable bonds is 0. The number of hydrogen-bond acceptors (Lipinski definition) is 1. The first kappa shape index (κ1) is 39.1. The smallest absolute Gasteiger partial charge is 1.00 e. The van der Waals surface area contributed by atoms with Crippen LogP contribution in [0.15, 0.2) is 0 Å². The van der Waals surface area contributed by atoms with E-state index in [1.165, 1.54) is 0 Å². The van der Waals surface area contributed by atoms with Crippen molar-refractivity contribution in [1.82, 2.24) is 0 Å². The van der Waals surface area contributed by atoms with Gasteiger partial charge in [-0.1, -0.05) is 0 Å². The second-order valence-corrected chi connectivity index (χ2v) is 1.54. The molecule has 0 aliphatic rings. The molecule has 0 rings (SSSR count). The molecule has 0 bridgehead atoms. The standard InChI is InChI=1S/2Ca.H3O4P.3H2O.4H/c;;1-5(2,3)4;;;;;;;/h;;(H3,1,2,3,4);3*1H2;;;;/q2*+2;;;;;4*-1. The molecular formula is H13Ca2O7P. The van der Waals surface area contributed by atoms with Gasteiger partial charge in [-0.25, -0.2) is 4.57 Å². The fourth-order valence-corrected chi connectivity index (χ4v) is 0. The molecule has 0 spiro atoms. The maximum absolute atomic E-state index is 8.88. The third kappa shape index (κ3) is 151. The van der Waals surface area contributed by atoms with Crippen LogP contribution in [-0.2, 0) is 4.57 Å². The second-order valence-electron chi connectivity index (χ2n) is 0.513. The summed E-state index contributed by atoms with van der Waals surface area (Å²) in [6, 6.07) is 0. The molecule has 0 aromatic carbocycles. The van der Waals surface area contributed by atoms with Crippen molar-refractivity contribution in [1.29, 1.82) is 0 Å². The minimum absolute atomic E-state index is 0. The van der Waals surface area contributed by atoms with Crippen LogP contribution in [0.1, 0.15) is 5.71 Å². The summed E-state index contributed by atoms with van der Waals surface area (Å²) in [5, 5.41) is 0. The molecule has 0 amide bonds. The van der Waals surface area contributed by atoms with E-state index in [4.69, 9.17) is 19.2 Å². The van der Waals surface area contributed by atoms with Gasteiger partial charge in [0.05, 0.1) is 0 Å². The summed E-state index contributed by atoms with van der Waals surface area (Å²) in [6.07, 6.45) is 0. The van der Waals surface area contributed by atoms with Crippen LogP contribution < -0.4 is 0 Å². The topological polar surface area (TPSA) is 172 Å². The zero-order chi connectivity index (χ0) is 4.50. The summed E-state index contributed by atoms with van der Waals surface area (Å²) in [6.45, 7) is 0. The Balaban J connectivity index is -0.00000000222. The van der Waals surface area contributed by atoms with Gasteiger partial charge < -0.3 is 36.8 Å². The van der Waals surface area contributed by atoms with E-state index < -0.39 is 7.82 Å². The van der Waals surface area contributed by atoms with Crippen molar-refractivity contribution in [3.05, 3.63) is 0 Å². The van der Waals surface area contributed by atoms with Gasteiger partial charge in [0, 0.05) is 0 Å². The molecule has 0 aromatic rings. The van der Waals surface area contributed by atoms with Crippen LogP contribution in [0.25, 0.3) is 0 Å². The molecule has 0 aliphatic carbocycles. The van der Waals surface area contributed by atoms with Crippen molar-refractivity contribution in [3.8, 4) is 0 Å². The van der Waals surface area contributed by atoms with Crippen LogP contribution in [0, 0.1) is 0 Å². The first-order valence-electron chi connectivity index (χ1n) is 0.783. The Hall–Kier alpha value is 2.51. The van der Waals surface area contributed by atoms with E-state index in [0.717, 1.165) is 0 Å². The van der Waals surface area contributed by atoms with E-state index in [2.05, 4.69) is 0 Å². The predicted octanol–water partition coefficient (Wildman–Crippen LogP) is -3.71. The van der Waals surface area contributed by atoms with Gasteiger partial charge in [0.2, 0.25) is 0 Å². The van der Waals surface area contributed by atoms with Gasteiger partial charge in [-0.05, 0) is 0 Å². The quantitative estimate of drug-likeness (QED) is 0.290. The van der Waals surface area contributed by atoms with Crippen molar-refractivity contribution < 1.29 is 41.4 Å². The fraction of sp³-hybridized carbons (Fsp3) is 0. The summed E-state index contributed by atoms with van der Waals surface area (Å²) in [5.74, 6) is 0. The van der Waals surface area contributed by atoms with Crippen molar-refractivity contribution in [2.45, 2.75) is 0 Å². The molecule has 0 aliphatic heterocycles. The molecule has 0 unspecified atom stereocenters. The van der Waals surface area contributed by atoms with E-state index in [9.17, 15) is 0 Å². The second kappa shape index (κ2) is 17.6. The van der Waals surface area contributed by atoms with Gasteiger partial charge in [-0.3, -0.25) is 0 Å². The van der Waals surface area contributed by atoms with Crippen LogP contribution in [-0.4, -0.2) is 107 Å². The van der Waals surface area contributed by atoms with Crippen LogP contribution in [0.3, 0.4) is 0 Å². The van der Waals surface area contributed by atoms with Crippen LogP contribution in [0.2, 0.25) is 0 Å². The summed E-state index contributed by atoms with van der Waals surface area (Å²) >= 11 is 0. The molecule has 0 saturated carbocycles. The zero-order valence-electron chi connectivity index (χ0n) is 9.11. The van der Waals surface area contributed by atoms with Crippen LogP contribution >= 0.6 is 7.82 Å². The molecule has 7 nitrogen and oxygen atoms in total. The van der Waals surface area contributed by atoms with Crippen LogP contribution in [0.4, 0.5) is 0 Å². The van der Waals surface area contributed by atoms with E-state index in [0.29, 0.717) is 0 Å². The molecular weight excluding hydrogens is 223 g/mol. The summed E-state index contributed by atoms with van der Waals surface area (Å²) < 4.78 is 8.88. The molecule has 0 atom stereocenters. The Morgan fingerprint density at radius 3 is 0.900 bits per heavy atom. The molecule has 10 heteroatoms. The average molecular weight is 236 g/mol. The maximum Gasteiger partial charge on any atom is 2.00 e. The molecule has 0 heterocycles. The largest absolute Gasteiger partial charge is 2.00 e. The first-order chi connectivity index (χ1) is 2.00. The van der Waals surface area contributed by atoms with Gasteiger partial charge in [-0.15, -0.1) is 0 Å². The summed E-state index contributed by atoms with van der Waals surface area (Å²) in [7, 11) is -4.64. The average Bonchev–Trinajstić information content (AvgIpc) is 0.722. The monoisotopic (exact) mass is 236 g/mol. The number of phosphoric acid groups is 1. The summed E-state index contributed by atoms with van der Waals surface area (Å²) in [4.78, 5) is 21.6. The third-order valence-electron chi connectivity index (χ3n) is 0.